The standard InChI is InChI=1S/C13H16N4O4S/c18-11-10(17(20)21)12(19)16-13(14-11)22-9(15-16)7-6-8-4-2-1-3-5-8/h8,18H,1-7H2. The molecular weight excluding hydrogens is 308 g/mol. The van der Waals surface area contributed by atoms with E-state index < -0.39 is 22.0 Å². The lowest BCUT2D eigenvalue weighted by Gasteiger charge is -2.20. The van der Waals surface area contributed by atoms with Crippen LogP contribution in [0.25, 0.3) is 4.96 Å². The highest BCUT2D eigenvalue weighted by Crippen LogP contribution is 2.28. The van der Waals surface area contributed by atoms with Crippen molar-refractivity contribution in [3.05, 3.63) is 25.5 Å². The predicted molar refractivity (Wildman–Crippen MR) is 80.3 cm³/mol. The van der Waals surface area contributed by atoms with E-state index in [0.717, 1.165) is 22.4 Å². The molecule has 1 saturated carbocycles. The van der Waals surface area contributed by atoms with Gasteiger partial charge in [-0.2, -0.15) is 14.6 Å². The quantitative estimate of drug-likeness (QED) is 0.682. The van der Waals surface area contributed by atoms with Crippen LogP contribution < -0.4 is 5.56 Å². The van der Waals surface area contributed by atoms with E-state index in [1.165, 1.54) is 43.4 Å². The zero-order chi connectivity index (χ0) is 15.7. The van der Waals surface area contributed by atoms with Gasteiger partial charge >= 0.3 is 17.1 Å². The monoisotopic (exact) mass is 324 g/mol. The number of aromatic hydroxyl groups is 1. The molecule has 1 aliphatic carbocycles. The maximum atomic E-state index is 12.0. The fourth-order valence-electron chi connectivity index (χ4n) is 2.93. The Morgan fingerprint density at radius 2 is 2.09 bits per heavy atom. The van der Waals surface area contributed by atoms with E-state index in [-0.39, 0.29) is 4.96 Å². The Kier molecular flexibility index (Phi) is 4.06. The molecule has 2 heterocycles. The Morgan fingerprint density at radius 1 is 1.36 bits per heavy atom. The molecule has 1 fully saturated rings. The van der Waals surface area contributed by atoms with E-state index in [2.05, 4.69) is 10.1 Å². The molecule has 8 nitrogen and oxygen atoms in total. The average Bonchev–Trinajstić information content (AvgIpc) is 2.89. The molecule has 118 valence electrons. The first kappa shape index (κ1) is 14.9. The first-order chi connectivity index (χ1) is 10.6. The van der Waals surface area contributed by atoms with Crippen LogP contribution >= 0.6 is 11.3 Å². The molecule has 0 spiro atoms. The molecule has 1 aliphatic rings. The van der Waals surface area contributed by atoms with Gasteiger partial charge in [0.15, 0.2) is 0 Å². The summed E-state index contributed by atoms with van der Waals surface area (Å²) in [6.07, 6.45) is 8.04. The van der Waals surface area contributed by atoms with Gasteiger partial charge in [0.1, 0.15) is 5.01 Å². The van der Waals surface area contributed by atoms with Crippen LogP contribution in [0, 0.1) is 16.0 Å². The highest BCUT2D eigenvalue weighted by atomic mass is 32.1. The molecular formula is C13H16N4O4S. The summed E-state index contributed by atoms with van der Waals surface area (Å²) in [4.78, 5) is 25.7. The second kappa shape index (κ2) is 5.99. The third kappa shape index (κ3) is 2.80. The summed E-state index contributed by atoms with van der Waals surface area (Å²) in [5, 5.41) is 25.2. The molecule has 0 saturated heterocycles. The van der Waals surface area contributed by atoms with Gasteiger partial charge in [-0.15, -0.1) is 0 Å². The lowest BCUT2D eigenvalue weighted by atomic mass is 9.86. The molecule has 0 atom stereocenters. The Hall–Kier alpha value is -2.03. The maximum absolute atomic E-state index is 12.0. The second-order valence-corrected chi connectivity index (χ2v) is 6.62. The minimum absolute atomic E-state index is 0.187. The second-order valence-electron chi connectivity index (χ2n) is 5.58. The molecule has 22 heavy (non-hydrogen) atoms. The van der Waals surface area contributed by atoms with Crippen molar-refractivity contribution in [3.8, 4) is 5.88 Å². The minimum atomic E-state index is -0.937. The van der Waals surface area contributed by atoms with Crippen molar-refractivity contribution in [1.82, 2.24) is 14.6 Å². The third-order valence-corrected chi connectivity index (χ3v) is 5.05. The zero-order valence-electron chi connectivity index (χ0n) is 11.9. The van der Waals surface area contributed by atoms with Gasteiger partial charge in [-0.05, 0) is 12.3 Å². The zero-order valence-corrected chi connectivity index (χ0v) is 12.7. The highest BCUT2D eigenvalue weighted by molar-refractivity contribution is 7.16. The maximum Gasteiger partial charge on any atom is 0.397 e. The fourth-order valence-corrected chi connectivity index (χ4v) is 3.82. The van der Waals surface area contributed by atoms with E-state index in [1.54, 1.807) is 0 Å². The summed E-state index contributed by atoms with van der Waals surface area (Å²) in [6.45, 7) is 0. The van der Waals surface area contributed by atoms with Crippen LogP contribution in [0.4, 0.5) is 5.69 Å². The number of nitro groups is 1. The molecule has 0 radical (unpaired) electrons. The minimum Gasteiger partial charge on any atom is -0.488 e. The average molecular weight is 324 g/mol. The van der Waals surface area contributed by atoms with Crippen molar-refractivity contribution in [2.24, 2.45) is 5.92 Å². The molecule has 0 aromatic carbocycles. The summed E-state index contributed by atoms with van der Waals surface area (Å²) in [5.74, 6) is -0.161. The van der Waals surface area contributed by atoms with Crippen LogP contribution in [-0.2, 0) is 6.42 Å². The Bertz CT molecular complexity index is 763. The van der Waals surface area contributed by atoms with Crippen molar-refractivity contribution in [2.75, 3.05) is 0 Å². The lowest BCUT2D eigenvalue weighted by Crippen LogP contribution is -2.18. The van der Waals surface area contributed by atoms with Crippen LogP contribution in [0.3, 0.4) is 0 Å². The normalized spacial score (nSPS) is 16.2. The molecule has 0 bridgehead atoms. The molecule has 0 unspecified atom stereocenters. The first-order valence-corrected chi connectivity index (χ1v) is 8.14. The first-order valence-electron chi connectivity index (χ1n) is 7.32. The highest BCUT2D eigenvalue weighted by Gasteiger charge is 2.25. The summed E-state index contributed by atoms with van der Waals surface area (Å²) in [6, 6.07) is 0. The van der Waals surface area contributed by atoms with E-state index >= 15 is 0 Å². The number of nitrogens with zero attached hydrogens (tertiary/aromatic N) is 4. The van der Waals surface area contributed by atoms with E-state index in [4.69, 9.17) is 0 Å². The van der Waals surface area contributed by atoms with E-state index in [0.29, 0.717) is 5.92 Å². The summed E-state index contributed by atoms with van der Waals surface area (Å²) >= 11 is 1.19. The Morgan fingerprint density at radius 3 is 2.77 bits per heavy atom. The SMILES string of the molecule is O=c1c([N+](=O)[O-])c(O)nc2sc(CCC3CCCCC3)nn12. The summed E-state index contributed by atoms with van der Waals surface area (Å²) < 4.78 is 0.915. The van der Waals surface area contributed by atoms with Gasteiger partial charge in [0.05, 0.1) is 4.92 Å². The number of fused-ring (bicyclic) bond motifs is 1. The van der Waals surface area contributed by atoms with Gasteiger partial charge in [0.25, 0.3) is 0 Å². The smallest absolute Gasteiger partial charge is 0.397 e. The van der Waals surface area contributed by atoms with Gasteiger partial charge in [-0.25, -0.2) is 0 Å². The van der Waals surface area contributed by atoms with Gasteiger partial charge < -0.3 is 5.11 Å². The molecule has 2 aromatic rings. The number of hydrogen-bond donors (Lipinski definition) is 1. The largest absolute Gasteiger partial charge is 0.488 e. The molecule has 0 aliphatic heterocycles. The fraction of sp³-hybridized carbons (Fsp3) is 0.615. The Labute approximate surface area is 129 Å². The van der Waals surface area contributed by atoms with Crippen LogP contribution in [-0.4, -0.2) is 24.6 Å². The Balaban J connectivity index is 1.85. The number of hydrogen-bond acceptors (Lipinski definition) is 7. The molecule has 3 rings (SSSR count). The molecule has 9 heteroatoms. The molecule has 1 N–H and O–H groups in total. The number of aromatic nitrogens is 3. The van der Waals surface area contributed by atoms with Crippen molar-refractivity contribution in [2.45, 2.75) is 44.9 Å². The molecule has 0 amide bonds. The van der Waals surface area contributed by atoms with Crippen LogP contribution in [0.15, 0.2) is 4.79 Å². The van der Waals surface area contributed by atoms with Crippen LogP contribution in [0.5, 0.6) is 5.88 Å². The number of aryl methyl sites for hydroxylation is 1. The number of rotatable bonds is 4. The van der Waals surface area contributed by atoms with Gasteiger partial charge in [-0.1, -0.05) is 43.4 Å². The summed E-state index contributed by atoms with van der Waals surface area (Å²) in [5.41, 5.74) is -1.87. The third-order valence-electron chi connectivity index (χ3n) is 4.08. The van der Waals surface area contributed by atoms with Gasteiger partial charge in [-0.3, -0.25) is 14.9 Å². The van der Waals surface area contributed by atoms with Gasteiger partial charge in [0, 0.05) is 6.42 Å². The molecule has 2 aromatic heterocycles. The topological polar surface area (TPSA) is 111 Å². The van der Waals surface area contributed by atoms with Crippen molar-refractivity contribution in [1.29, 1.82) is 0 Å². The van der Waals surface area contributed by atoms with Gasteiger partial charge in [0.2, 0.25) is 4.96 Å². The van der Waals surface area contributed by atoms with Crippen LogP contribution in [0.1, 0.15) is 43.5 Å². The van der Waals surface area contributed by atoms with Crippen molar-refractivity contribution in [3.63, 3.8) is 0 Å². The van der Waals surface area contributed by atoms with Crippen molar-refractivity contribution >= 4 is 22.0 Å². The van der Waals surface area contributed by atoms with Crippen molar-refractivity contribution < 1.29 is 10.0 Å². The predicted octanol–water partition coefficient (Wildman–Crippen LogP) is 2.28. The summed E-state index contributed by atoms with van der Waals surface area (Å²) in [7, 11) is 0. The van der Waals surface area contributed by atoms with E-state index in [1.807, 2.05) is 0 Å². The lowest BCUT2D eigenvalue weighted by molar-refractivity contribution is -0.387. The van der Waals surface area contributed by atoms with E-state index in [9.17, 15) is 20.0 Å². The van der Waals surface area contributed by atoms with Crippen LogP contribution in [0.2, 0.25) is 0 Å².